The number of rotatable bonds is 6. The van der Waals surface area contributed by atoms with Gasteiger partial charge in [0, 0.05) is 44.8 Å². The lowest BCUT2D eigenvalue weighted by Crippen LogP contribution is -2.03. The normalized spacial score (nSPS) is 15.2. The van der Waals surface area contributed by atoms with Crippen molar-refractivity contribution in [2.24, 2.45) is 0 Å². The molecule has 2 aliphatic carbocycles. The zero-order valence-corrected chi connectivity index (χ0v) is 31.0. The van der Waals surface area contributed by atoms with Gasteiger partial charge < -0.3 is 8.98 Å². The molecule has 1 unspecified atom stereocenters. The lowest BCUT2D eigenvalue weighted by atomic mass is 9.86. The smallest absolute Gasteiger partial charge is 0.160 e. The number of para-hydroxylation sites is 1. The summed E-state index contributed by atoms with van der Waals surface area (Å²) in [5, 5.41) is 3.56. The maximum absolute atomic E-state index is 6.86. The number of aryl methyl sites for hydroxylation is 1. The molecule has 0 fully saturated rings. The second kappa shape index (κ2) is 13.5. The fourth-order valence-electron chi connectivity index (χ4n) is 8.98. The molecule has 3 aromatic heterocycles. The SMILES string of the molecule is C1=Cc2c(oc3c(-n4c5ccccc5c5c(-c6cc(-c7cccc(-c8ccccc8)c7)nc(-c7ccccc7)n6)cccc54)cc(C4CC=CCC4)cc23)CC1. The number of hydrogen-bond acceptors (Lipinski definition) is 3. The minimum Gasteiger partial charge on any atom is -0.458 e. The molecule has 3 heterocycles. The Morgan fingerprint density at radius 3 is 2.18 bits per heavy atom. The minimum atomic E-state index is 0.473. The summed E-state index contributed by atoms with van der Waals surface area (Å²) in [6, 6.07) is 52.0. The minimum absolute atomic E-state index is 0.473. The van der Waals surface area contributed by atoms with Gasteiger partial charge in [-0.1, -0.05) is 133 Å². The van der Waals surface area contributed by atoms with E-state index in [0.29, 0.717) is 11.7 Å². The Kier molecular flexibility index (Phi) is 7.87. The lowest BCUT2D eigenvalue weighted by Gasteiger charge is -2.20. The van der Waals surface area contributed by atoms with Crippen LogP contribution in [0.1, 0.15) is 48.5 Å². The summed E-state index contributed by atoms with van der Waals surface area (Å²) in [7, 11) is 0. The van der Waals surface area contributed by atoms with Crippen LogP contribution in [0.5, 0.6) is 0 Å². The van der Waals surface area contributed by atoms with E-state index in [2.05, 4.69) is 168 Å². The van der Waals surface area contributed by atoms with Gasteiger partial charge in [0.05, 0.1) is 28.1 Å². The lowest BCUT2D eigenvalue weighted by molar-refractivity contribution is 0.545. The summed E-state index contributed by atoms with van der Waals surface area (Å²) in [5.41, 5.74) is 14.2. The molecule has 1 atom stereocenters. The molecule has 0 bridgehead atoms. The van der Waals surface area contributed by atoms with E-state index in [1.807, 2.05) is 6.07 Å². The molecule has 0 saturated carbocycles. The van der Waals surface area contributed by atoms with E-state index < -0.39 is 0 Å². The van der Waals surface area contributed by atoms with Gasteiger partial charge in [0.1, 0.15) is 5.76 Å². The van der Waals surface area contributed by atoms with Crippen molar-refractivity contribution in [2.75, 3.05) is 0 Å². The van der Waals surface area contributed by atoms with Crippen LogP contribution >= 0.6 is 0 Å². The second-order valence-corrected chi connectivity index (χ2v) is 15.1. The van der Waals surface area contributed by atoms with Crippen LogP contribution in [0.15, 0.2) is 168 Å². The Morgan fingerprint density at radius 1 is 0.571 bits per heavy atom. The van der Waals surface area contributed by atoms with E-state index in [9.17, 15) is 0 Å². The highest BCUT2D eigenvalue weighted by atomic mass is 16.3. The zero-order valence-electron chi connectivity index (χ0n) is 31.0. The number of allylic oxidation sites excluding steroid dienone is 3. The molecule has 0 saturated heterocycles. The molecule has 0 N–H and O–H groups in total. The molecule has 0 amide bonds. The van der Waals surface area contributed by atoms with Crippen LogP contribution in [-0.4, -0.2) is 14.5 Å². The maximum Gasteiger partial charge on any atom is 0.160 e. The predicted octanol–water partition coefficient (Wildman–Crippen LogP) is 13.8. The molecule has 9 aromatic rings. The van der Waals surface area contributed by atoms with Gasteiger partial charge in [-0.3, -0.25) is 0 Å². The van der Waals surface area contributed by atoms with Gasteiger partial charge in [-0.15, -0.1) is 0 Å². The van der Waals surface area contributed by atoms with Crippen molar-refractivity contribution in [2.45, 2.75) is 38.0 Å². The monoisotopic (exact) mass is 721 g/mol. The van der Waals surface area contributed by atoms with Crippen molar-refractivity contribution in [3.63, 3.8) is 0 Å². The highest BCUT2D eigenvalue weighted by Gasteiger charge is 2.25. The highest BCUT2D eigenvalue weighted by molar-refractivity contribution is 6.16. The van der Waals surface area contributed by atoms with Crippen molar-refractivity contribution in [1.82, 2.24) is 14.5 Å². The molecule has 6 aromatic carbocycles. The van der Waals surface area contributed by atoms with Crippen molar-refractivity contribution in [3.05, 3.63) is 181 Å². The third-order valence-corrected chi connectivity index (χ3v) is 11.7. The van der Waals surface area contributed by atoms with Crippen LogP contribution in [0.3, 0.4) is 0 Å². The fraction of sp³-hybridized carbons (Fsp3) is 0.115. The van der Waals surface area contributed by atoms with Crippen LogP contribution in [0.4, 0.5) is 0 Å². The van der Waals surface area contributed by atoms with Crippen molar-refractivity contribution in [3.8, 4) is 50.7 Å². The van der Waals surface area contributed by atoms with Crippen LogP contribution in [0, 0.1) is 0 Å². The van der Waals surface area contributed by atoms with Crippen molar-refractivity contribution >= 4 is 38.9 Å². The van der Waals surface area contributed by atoms with E-state index in [1.165, 1.54) is 32.8 Å². The highest BCUT2D eigenvalue weighted by Crippen LogP contribution is 2.44. The van der Waals surface area contributed by atoms with E-state index in [4.69, 9.17) is 14.4 Å². The van der Waals surface area contributed by atoms with E-state index in [0.717, 1.165) is 93.8 Å². The quantitative estimate of drug-likeness (QED) is 0.161. The van der Waals surface area contributed by atoms with Crippen molar-refractivity contribution < 1.29 is 4.42 Å². The molecule has 56 heavy (non-hydrogen) atoms. The van der Waals surface area contributed by atoms with Gasteiger partial charge in [-0.25, -0.2) is 9.97 Å². The maximum atomic E-state index is 6.86. The van der Waals surface area contributed by atoms with Crippen LogP contribution in [0.2, 0.25) is 0 Å². The molecule has 2 aliphatic rings. The molecule has 0 radical (unpaired) electrons. The van der Waals surface area contributed by atoms with Gasteiger partial charge in [0.15, 0.2) is 11.4 Å². The van der Waals surface area contributed by atoms with E-state index >= 15 is 0 Å². The Hall–Kier alpha value is -6.78. The van der Waals surface area contributed by atoms with Gasteiger partial charge in [0.25, 0.3) is 0 Å². The summed E-state index contributed by atoms with van der Waals surface area (Å²) in [6.07, 6.45) is 14.5. The van der Waals surface area contributed by atoms with E-state index in [-0.39, 0.29) is 0 Å². The number of benzene rings is 6. The molecule has 0 spiro atoms. The van der Waals surface area contributed by atoms with E-state index in [1.54, 1.807) is 0 Å². The van der Waals surface area contributed by atoms with Gasteiger partial charge in [-0.2, -0.15) is 0 Å². The average Bonchev–Trinajstić information content (AvgIpc) is 3.83. The Bertz CT molecular complexity index is 3000. The Labute approximate surface area is 326 Å². The number of aromatic nitrogens is 3. The first-order valence-corrected chi connectivity index (χ1v) is 19.8. The fourth-order valence-corrected chi connectivity index (χ4v) is 8.98. The molecule has 0 aliphatic heterocycles. The summed E-state index contributed by atoms with van der Waals surface area (Å²) < 4.78 is 9.31. The first kappa shape index (κ1) is 32.6. The van der Waals surface area contributed by atoms with Gasteiger partial charge in [-0.05, 0) is 84.7 Å². The molecular weight excluding hydrogens is 683 g/mol. The third-order valence-electron chi connectivity index (χ3n) is 11.7. The van der Waals surface area contributed by atoms with Gasteiger partial charge >= 0.3 is 0 Å². The first-order chi connectivity index (χ1) is 27.8. The summed E-state index contributed by atoms with van der Waals surface area (Å²) in [4.78, 5) is 10.5. The predicted molar refractivity (Wildman–Crippen MR) is 231 cm³/mol. The first-order valence-electron chi connectivity index (χ1n) is 19.8. The number of nitrogens with zero attached hydrogens (tertiary/aromatic N) is 3. The van der Waals surface area contributed by atoms with Crippen LogP contribution in [-0.2, 0) is 6.42 Å². The standard InChI is InChI=1S/C52H39N3O/c1-4-16-34(17-5-1)37-22-14-23-38(30-37)44-33-45(54-52(53-44)36-20-8-3-9-21-36)41-26-15-28-47-50(41)42-25-10-12-27-46(42)55(47)48-32-39(35-18-6-2-7-19-35)31-43-40-24-11-13-29-49(40)56-51(43)48/h1-6,8-12,14-17,20-28,30-33,35H,7,13,18-19,29H2. The topological polar surface area (TPSA) is 43.9 Å². The average molecular weight is 722 g/mol. The Morgan fingerprint density at radius 2 is 1.32 bits per heavy atom. The summed E-state index contributed by atoms with van der Waals surface area (Å²) in [6.45, 7) is 0. The van der Waals surface area contributed by atoms with Crippen LogP contribution < -0.4 is 0 Å². The number of hydrogen-bond donors (Lipinski definition) is 0. The summed E-state index contributed by atoms with van der Waals surface area (Å²) in [5.74, 6) is 2.26. The molecule has 4 heteroatoms. The number of furan rings is 1. The largest absolute Gasteiger partial charge is 0.458 e. The molecular formula is C52H39N3O. The van der Waals surface area contributed by atoms with Crippen LogP contribution in [0.25, 0.3) is 89.6 Å². The zero-order chi connectivity index (χ0) is 37.0. The third kappa shape index (κ3) is 5.52. The van der Waals surface area contributed by atoms with Gasteiger partial charge in [0.2, 0.25) is 0 Å². The molecule has 4 nitrogen and oxygen atoms in total. The van der Waals surface area contributed by atoms with Crippen molar-refractivity contribution in [1.29, 1.82) is 0 Å². The molecule has 11 rings (SSSR count). The number of fused-ring (bicyclic) bond motifs is 6. The molecule has 268 valence electrons. The summed E-state index contributed by atoms with van der Waals surface area (Å²) >= 11 is 0. The Balaban J connectivity index is 1.16. The second-order valence-electron chi connectivity index (χ2n) is 15.1.